The van der Waals surface area contributed by atoms with Crippen molar-refractivity contribution >= 4 is 27.3 Å². The Morgan fingerprint density at radius 3 is 2.66 bits per heavy atom. The van der Waals surface area contributed by atoms with Crippen LogP contribution < -0.4 is 0 Å². The average Bonchev–Trinajstić information content (AvgIpc) is 3.22. The van der Waals surface area contributed by atoms with Crippen LogP contribution in [0.25, 0.3) is 0 Å². The topological polar surface area (TPSA) is 57.7 Å². The second kappa shape index (κ2) is 8.16. The first-order valence-corrected chi connectivity index (χ1v) is 12.4. The molecule has 1 saturated heterocycles. The molecule has 5 nitrogen and oxygen atoms in total. The molecule has 1 amide bonds. The molecule has 2 aliphatic heterocycles. The lowest BCUT2D eigenvalue weighted by Crippen LogP contribution is -2.39. The van der Waals surface area contributed by atoms with Crippen molar-refractivity contribution in [1.29, 1.82) is 0 Å². The first-order valence-electron chi connectivity index (χ1n) is 10.1. The van der Waals surface area contributed by atoms with Crippen LogP contribution in [-0.2, 0) is 16.4 Å². The van der Waals surface area contributed by atoms with Crippen LogP contribution in [0.3, 0.4) is 0 Å². The van der Waals surface area contributed by atoms with E-state index in [1.54, 1.807) is 16.2 Å². The van der Waals surface area contributed by atoms with Crippen molar-refractivity contribution in [2.75, 3.05) is 19.6 Å². The van der Waals surface area contributed by atoms with E-state index in [1.165, 1.54) is 26.9 Å². The first kappa shape index (κ1) is 20.5. The third kappa shape index (κ3) is 3.73. The number of halogens is 1. The predicted octanol–water partition coefficient (Wildman–Crippen LogP) is 4.21. The van der Waals surface area contributed by atoms with Crippen LogP contribution >= 0.6 is 11.3 Å². The third-order valence-electron chi connectivity index (χ3n) is 5.85. The van der Waals surface area contributed by atoms with Gasteiger partial charge in [0.2, 0.25) is 10.0 Å². The van der Waals surface area contributed by atoms with E-state index in [2.05, 4.69) is 6.07 Å². The number of benzene rings is 1. The van der Waals surface area contributed by atoms with E-state index in [4.69, 9.17) is 0 Å². The van der Waals surface area contributed by atoms with Gasteiger partial charge in [-0.05, 0) is 60.9 Å². The zero-order valence-corrected chi connectivity index (χ0v) is 18.1. The van der Waals surface area contributed by atoms with Gasteiger partial charge in [0.15, 0.2) is 0 Å². The first-order chi connectivity index (χ1) is 13.9. The molecule has 0 bridgehead atoms. The number of carbonyl (C=O) groups excluding carboxylic acids is 1. The van der Waals surface area contributed by atoms with Crippen molar-refractivity contribution in [3.63, 3.8) is 0 Å². The molecule has 0 N–H and O–H groups in total. The van der Waals surface area contributed by atoms with Gasteiger partial charge in [-0.3, -0.25) is 4.79 Å². The van der Waals surface area contributed by atoms with E-state index in [0.717, 1.165) is 38.2 Å². The van der Waals surface area contributed by atoms with Crippen molar-refractivity contribution in [3.8, 4) is 0 Å². The number of piperidine rings is 1. The fourth-order valence-electron chi connectivity index (χ4n) is 4.32. The largest absolute Gasteiger partial charge is 0.331 e. The molecular formula is C21H25FN2O3S2. The van der Waals surface area contributed by atoms with Crippen molar-refractivity contribution in [2.45, 2.75) is 50.0 Å². The second-order valence-corrected chi connectivity index (χ2v) is 10.5. The van der Waals surface area contributed by atoms with E-state index < -0.39 is 20.7 Å². The number of thiophene rings is 1. The van der Waals surface area contributed by atoms with Crippen LogP contribution in [-0.4, -0.2) is 43.2 Å². The van der Waals surface area contributed by atoms with Gasteiger partial charge in [-0.15, -0.1) is 11.3 Å². The van der Waals surface area contributed by atoms with Crippen molar-refractivity contribution in [3.05, 3.63) is 51.5 Å². The van der Waals surface area contributed by atoms with E-state index in [0.29, 0.717) is 19.6 Å². The van der Waals surface area contributed by atoms with Gasteiger partial charge in [0, 0.05) is 30.1 Å². The van der Waals surface area contributed by atoms with Crippen LogP contribution in [0.5, 0.6) is 0 Å². The quantitative estimate of drug-likeness (QED) is 0.721. The Labute approximate surface area is 175 Å². The number of hydrogen-bond donors (Lipinski definition) is 0. The van der Waals surface area contributed by atoms with Gasteiger partial charge < -0.3 is 4.90 Å². The minimum atomic E-state index is -3.95. The molecule has 0 aliphatic carbocycles. The Kier molecular flexibility index (Phi) is 5.77. The molecule has 1 aromatic carbocycles. The van der Waals surface area contributed by atoms with E-state index in [9.17, 15) is 17.6 Å². The van der Waals surface area contributed by atoms with Crippen LogP contribution in [0.2, 0.25) is 0 Å². The molecule has 1 atom stereocenters. The normalized spacial score (nSPS) is 20.5. The third-order valence-corrected chi connectivity index (χ3v) is 8.76. The molecule has 4 rings (SSSR count). The van der Waals surface area contributed by atoms with Crippen LogP contribution in [0, 0.1) is 5.82 Å². The molecular weight excluding hydrogens is 411 g/mol. The lowest BCUT2D eigenvalue weighted by Gasteiger charge is -2.35. The Morgan fingerprint density at radius 2 is 1.93 bits per heavy atom. The van der Waals surface area contributed by atoms with E-state index in [1.807, 2.05) is 12.3 Å². The smallest absolute Gasteiger partial charge is 0.254 e. The summed E-state index contributed by atoms with van der Waals surface area (Å²) in [5, 5.41) is 2.04. The number of nitrogens with zero attached hydrogens (tertiary/aromatic N) is 2. The molecule has 0 radical (unpaired) electrons. The fraction of sp³-hybridized carbons (Fsp3) is 0.476. The van der Waals surface area contributed by atoms with Gasteiger partial charge in [0.1, 0.15) is 10.7 Å². The predicted molar refractivity (Wildman–Crippen MR) is 111 cm³/mol. The van der Waals surface area contributed by atoms with Crippen molar-refractivity contribution in [2.24, 2.45) is 0 Å². The highest BCUT2D eigenvalue weighted by Gasteiger charge is 2.33. The summed E-state index contributed by atoms with van der Waals surface area (Å²) in [5.41, 5.74) is 1.39. The van der Waals surface area contributed by atoms with E-state index in [-0.39, 0.29) is 17.5 Å². The summed E-state index contributed by atoms with van der Waals surface area (Å²) in [7, 11) is -3.95. The summed E-state index contributed by atoms with van der Waals surface area (Å²) >= 11 is 1.71. The highest BCUT2D eigenvalue weighted by atomic mass is 32.2. The van der Waals surface area contributed by atoms with Crippen molar-refractivity contribution in [1.82, 2.24) is 9.21 Å². The number of sulfonamides is 1. The van der Waals surface area contributed by atoms with Gasteiger partial charge in [0.25, 0.3) is 5.91 Å². The van der Waals surface area contributed by atoms with Gasteiger partial charge in [-0.25, -0.2) is 12.8 Å². The van der Waals surface area contributed by atoms with Gasteiger partial charge in [-0.1, -0.05) is 13.3 Å². The number of hydrogen-bond acceptors (Lipinski definition) is 4. The molecule has 2 aliphatic rings. The number of fused-ring (bicyclic) bond motifs is 1. The summed E-state index contributed by atoms with van der Waals surface area (Å²) < 4.78 is 41.8. The van der Waals surface area contributed by atoms with Crippen molar-refractivity contribution < 1.29 is 17.6 Å². The Bertz CT molecular complexity index is 1010. The average molecular weight is 437 g/mol. The van der Waals surface area contributed by atoms with Gasteiger partial charge in [-0.2, -0.15) is 4.31 Å². The molecule has 0 unspecified atom stereocenters. The minimum Gasteiger partial charge on any atom is -0.331 e. The molecule has 1 aromatic heterocycles. The fourth-order valence-corrected chi connectivity index (χ4v) is 6.86. The lowest BCUT2D eigenvalue weighted by molar-refractivity contribution is 0.0657. The SMILES string of the molecule is CC[C@@H]1c2ccsc2CCN1C(=O)c1ccc(F)c(S(=O)(=O)N2CCCCC2)c1. The standard InChI is InChI=1S/C21H25FN2O3S2/c1-2-18-16-9-13-28-19(16)8-12-24(18)21(25)15-6-7-17(22)20(14-15)29(26,27)23-10-4-3-5-11-23/h6-7,9,13-14,18H,2-5,8,10-12H2,1H3/t18-/m1/s1. The number of carbonyl (C=O) groups is 1. The minimum absolute atomic E-state index is 0.0373. The molecule has 2 aromatic rings. The number of rotatable bonds is 4. The zero-order valence-electron chi connectivity index (χ0n) is 16.4. The van der Waals surface area contributed by atoms with Crippen LogP contribution in [0.15, 0.2) is 34.5 Å². The summed E-state index contributed by atoms with van der Waals surface area (Å²) in [5.74, 6) is -1.05. The maximum Gasteiger partial charge on any atom is 0.254 e. The molecule has 0 spiro atoms. The summed E-state index contributed by atoms with van der Waals surface area (Å²) in [6.45, 7) is 3.40. The molecule has 29 heavy (non-hydrogen) atoms. The zero-order chi connectivity index (χ0) is 20.6. The highest BCUT2D eigenvalue weighted by molar-refractivity contribution is 7.89. The molecule has 3 heterocycles. The van der Waals surface area contributed by atoms with Crippen LogP contribution in [0.4, 0.5) is 4.39 Å². The second-order valence-electron chi connectivity index (χ2n) is 7.58. The summed E-state index contributed by atoms with van der Waals surface area (Å²) in [6, 6.07) is 5.74. The maximum absolute atomic E-state index is 14.5. The monoisotopic (exact) mass is 436 g/mol. The molecule has 156 valence electrons. The summed E-state index contributed by atoms with van der Waals surface area (Å²) in [4.78, 5) is 16.0. The summed E-state index contributed by atoms with van der Waals surface area (Å²) in [6.07, 6.45) is 4.08. The maximum atomic E-state index is 14.5. The molecule has 0 saturated carbocycles. The molecule has 8 heteroatoms. The Morgan fingerprint density at radius 1 is 1.17 bits per heavy atom. The Hall–Kier alpha value is -1.77. The van der Waals surface area contributed by atoms with E-state index >= 15 is 0 Å². The Balaban J connectivity index is 1.66. The lowest BCUT2D eigenvalue weighted by atomic mass is 9.97. The molecule has 1 fully saturated rings. The van der Waals surface area contributed by atoms with Crippen LogP contribution in [0.1, 0.15) is 59.4 Å². The highest BCUT2D eigenvalue weighted by Crippen LogP contribution is 2.36. The van der Waals surface area contributed by atoms with Gasteiger partial charge in [0.05, 0.1) is 6.04 Å². The number of amides is 1. The van der Waals surface area contributed by atoms with Gasteiger partial charge >= 0.3 is 0 Å².